The van der Waals surface area contributed by atoms with Gasteiger partial charge in [0.1, 0.15) is 5.82 Å². The Labute approximate surface area is 116 Å². The number of carbonyl (C=O) groups is 1. The maximum Gasteiger partial charge on any atom is 0.238 e. The Balaban J connectivity index is 1.94. The second-order valence-electron chi connectivity index (χ2n) is 4.62. The smallest absolute Gasteiger partial charge is 0.238 e. The van der Waals surface area contributed by atoms with Crippen LogP contribution in [0.1, 0.15) is 12.8 Å². The Bertz CT molecular complexity index is 470. The fourth-order valence-electron chi connectivity index (χ4n) is 2.28. The molecule has 1 aromatic carbocycles. The van der Waals surface area contributed by atoms with E-state index in [4.69, 9.17) is 11.6 Å². The first-order valence-electron chi connectivity index (χ1n) is 6.20. The maximum atomic E-state index is 12.9. The number of nitrogens with one attached hydrogen (secondary N) is 1. The van der Waals surface area contributed by atoms with Crippen molar-refractivity contribution in [3.63, 3.8) is 0 Å². The molecule has 1 atom stereocenters. The van der Waals surface area contributed by atoms with Gasteiger partial charge >= 0.3 is 0 Å². The summed E-state index contributed by atoms with van der Waals surface area (Å²) in [4.78, 5) is 13.8. The number of aliphatic hydroxyl groups excluding tert-OH is 1. The van der Waals surface area contributed by atoms with Crippen LogP contribution in [-0.2, 0) is 4.79 Å². The Morgan fingerprint density at radius 2 is 2.37 bits per heavy atom. The van der Waals surface area contributed by atoms with Gasteiger partial charge in [-0.3, -0.25) is 9.69 Å². The molecule has 1 aromatic rings. The highest BCUT2D eigenvalue weighted by Gasteiger charge is 2.25. The van der Waals surface area contributed by atoms with Crippen molar-refractivity contribution in [3.05, 3.63) is 29.0 Å². The molecule has 1 amide bonds. The molecule has 1 heterocycles. The van der Waals surface area contributed by atoms with E-state index in [1.165, 1.54) is 12.1 Å². The Hall–Kier alpha value is -1.17. The van der Waals surface area contributed by atoms with Crippen LogP contribution in [0.2, 0.25) is 5.02 Å². The van der Waals surface area contributed by atoms with E-state index in [9.17, 15) is 14.3 Å². The number of nitrogens with zero attached hydrogens (tertiary/aromatic N) is 1. The Morgan fingerprint density at radius 3 is 3.05 bits per heavy atom. The molecule has 2 N–H and O–H groups in total. The van der Waals surface area contributed by atoms with Crippen molar-refractivity contribution in [1.82, 2.24) is 4.90 Å². The van der Waals surface area contributed by atoms with Crippen LogP contribution in [0.3, 0.4) is 0 Å². The van der Waals surface area contributed by atoms with Crippen LogP contribution in [-0.4, -0.2) is 41.7 Å². The topological polar surface area (TPSA) is 52.6 Å². The lowest BCUT2D eigenvalue weighted by molar-refractivity contribution is -0.117. The van der Waals surface area contributed by atoms with Crippen LogP contribution < -0.4 is 5.32 Å². The maximum absolute atomic E-state index is 12.9. The van der Waals surface area contributed by atoms with E-state index in [1.54, 1.807) is 0 Å². The molecule has 19 heavy (non-hydrogen) atoms. The predicted octanol–water partition coefficient (Wildman–Crippen LogP) is 1.87. The second kappa shape index (κ2) is 6.32. The van der Waals surface area contributed by atoms with Crippen LogP contribution >= 0.6 is 11.6 Å². The van der Waals surface area contributed by atoms with Crippen LogP contribution in [0.4, 0.5) is 10.1 Å². The number of rotatable bonds is 4. The van der Waals surface area contributed by atoms with E-state index in [1.807, 2.05) is 4.90 Å². The summed E-state index contributed by atoms with van der Waals surface area (Å²) in [5.74, 6) is -0.656. The summed E-state index contributed by atoms with van der Waals surface area (Å²) >= 11 is 5.84. The number of aliphatic hydroxyl groups is 1. The first-order chi connectivity index (χ1) is 9.10. The minimum atomic E-state index is -0.442. The minimum Gasteiger partial charge on any atom is -0.395 e. The average Bonchev–Trinajstić information content (AvgIpc) is 2.80. The quantitative estimate of drug-likeness (QED) is 0.888. The van der Waals surface area contributed by atoms with Gasteiger partial charge in [0.05, 0.1) is 23.9 Å². The van der Waals surface area contributed by atoms with Crippen LogP contribution in [0, 0.1) is 5.82 Å². The van der Waals surface area contributed by atoms with Crippen LogP contribution in [0.15, 0.2) is 18.2 Å². The molecule has 0 aromatic heterocycles. The fourth-order valence-corrected chi connectivity index (χ4v) is 2.49. The van der Waals surface area contributed by atoms with Crippen molar-refractivity contribution in [3.8, 4) is 0 Å². The first kappa shape index (κ1) is 14.2. The minimum absolute atomic E-state index is 0.0504. The highest BCUT2D eigenvalue weighted by atomic mass is 35.5. The van der Waals surface area contributed by atoms with Crippen LogP contribution in [0.25, 0.3) is 0 Å². The number of benzene rings is 1. The number of anilines is 1. The van der Waals surface area contributed by atoms with E-state index in [2.05, 4.69) is 5.32 Å². The van der Waals surface area contributed by atoms with Gasteiger partial charge in [0.2, 0.25) is 5.91 Å². The average molecular weight is 287 g/mol. The number of amides is 1. The van der Waals surface area contributed by atoms with Gasteiger partial charge in [0.15, 0.2) is 0 Å². The summed E-state index contributed by atoms with van der Waals surface area (Å²) in [5.41, 5.74) is 0.396. The largest absolute Gasteiger partial charge is 0.395 e. The fraction of sp³-hybridized carbons (Fsp3) is 0.462. The molecule has 0 saturated carbocycles. The number of hydrogen-bond acceptors (Lipinski definition) is 3. The monoisotopic (exact) mass is 286 g/mol. The third-order valence-corrected chi connectivity index (χ3v) is 3.57. The summed E-state index contributed by atoms with van der Waals surface area (Å²) in [6, 6.07) is 3.88. The van der Waals surface area contributed by atoms with Gasteiger partial charge in [-0.25, -0.2) is 4.39 Å². The van der Waals surface area contributed by atoms with E-state index in [0.717, 1.165) is 25.5 Å². The molecule has 2 rings (SSSR count). The van der Waals surface area contributed by atoms with E-state index in [-0.39, 0.29) is 30.1 Å². The first-order valence-corrected chi connectivity index (χ1v) is 6.58. The van der Waals surface area contributed by atoms with Gasteiger partial charge in [-0.15, -0.1) is 0 Å². The van der Waals surface area contributed by atoms with E-state index < -0.39 is 5.82 Å². The SMILES string of the molecule is O=C(CN1CCC[C@H]1CO)Nc1ccc(F)cc1Cl. The standard InChI is InChI=1S/C13H16ClFN2O2/c14-11-6-9(15)3-4-12(11)16-13(19)7-17-5-1-2-10(17)8-18/h3-4,6,10,18H,1-2,5,7-8H2,(H,16,19)/t10-/m0/s1. The highest BCUT2D eigenvalue weighted by Crippen LogP contribution is 2.23. The summed E-state index contributed by atoms with van der Waals surface area (Å²) in [6.07, 6.45) is 1.89. The summed E-state index contributed by atoms with van der Waals surface area (Å²) in [6.45, 7) is 1.07. The molecule has 0 aliphatic carbocycles. The molecule has 1 saturated heterocycles. The zero-order valence-corrected chi connectivity index (χ0v) is 11.2. The molecular formula is C13H16ClFN2O2. The van der Waals surface area contributed by atoms with Gasteiger partial charge in [-0.1, -0.05) is 11.6 Å². The Kier molecular flexibility index (Phi) is 4.74. The number of likely N-dealkylation sites (tertiary alicyclic amines) is 1. The third kappa shape index (κ3) is 3.65. The number of halogens is 2. The predicted molar refractivity (Wildman–Crippen MR) is 71.7 cm³/mol. The van der Waals surface area contributed by atoms with Gasteiger partial charge < -0.3 is 10.4 Å². The second-order valence-corrected chi connectivity index (χ2v) is 5.03. The van der Waals surface area contributed by atoms with Crippen molar-refractivity contribution < 1.29 is 14.3 Å². The molecule has 104 valence electrons. The van der Waals surface area contributed by atoms with Gasteiger partial charge in [-0.05, 0) is 37.6 Å². The van der Waals surface area contributed by atoms with Gasteiger partial charge in [-0.2, -0.15) is 0 Å². The van der Waals surface area contributed by atoms with Crippen molar-refractivity contribution in [2.45, 2.75) is 18.9 Å². The third-order valence-electron chi connectivity index (χ3n) is 3.26. The molecule has 0 unspecified atom stereocenters. The molecule has 1 aliphatic heterocycles. The molecular weight excluding hydrogens is 271 g/mol. The van der Waals surface area contributed by atoms with Gasteiger partial charge in [0, 0.05) is 6.04 Å². The van der Waals surface area contributed by atoms with Crippen molar-refractivity contribution in [1.29, 1.82) is 0 Å². The summed E-state index contributed by atoms with van der Waals surface area (Å²) in [5, 5.41) is 12.0. The number of carbonyl (C=O) groups excluding carboxylic acids is 1. The lowest BCUT2D eigenvalue weighted by Gasteiger charge is -2.21. The molecule has 4 nitrogen and oxygen atoms in total. The lowest BCUT2D eigenvalue weighted by Crippen LogP contribution is -2.38. The van der Waals surface area contributed by atoms with Crippen molar-refractivity contribution in [2.75, 3.05) is 25.0 Å². The number of hydrogen-bond donors (Lipinski definition) is 2. The zero-order chi connectivity index (χ0) is 13.8. The van der Waals surface area contributed by atoms with E-state index >= 15 is 0 Å². The lowest BCUT2D eigenvalue weighted by atomic mass is 10.2. The van der Waals surface area contributed by atoms with Crippen molar-refractivity contribution >= 4 is 23.2 Å². The molecule has 0 spiro atoms. The molecule has 6 heteroatoms. The molecule has 0 radical (unpaired) electrons. The Morgan fingerprint density at radius 1 is 1.58 bits per heavy atom. The molecule has 1 aliphatic rings. The van der Waals surface area contributed by atoms with Crippen molar-refractivity contribution in [2.24, 2.45) is 0 Å². The normalized spacial score (nSPS) is 19.6. The summed E-state index contributed by atoms with van der Waals surface area (Å²) in [7, 11) is 0. The molecule has 1 fully saturated rings. The van der Waals surface area contributed by atoms with Gasteiger partial charge in [0.25, 0.3) is 0 Å². The van der Waals surface area contributed by atoms with E-state index in [0.29, 0.717) is 5.69 Å². The highest BCUT2D eigenvalue weighted by molar-refractivity contribution is 6.33. The summed E-state index contributed by atoms with van der Waals surface area (Å²) < 4.78 is 12.9. The molecule has 0 bridgehead atoms. The van der Waals surface area contributed by atoms with Crippen LogP contribution in [0.5, 0.6) is 0 Å². The zero-order valence-electron chi connectivity index (χ0n) is 10.4.